The van der Waals surface area contributed by atoms with Gasteiger partial charge in [-0.05, 0) is 113 Å². The van der Waals surface area contributed by atoms with Crippen LogP contribution in [-0.4, -0.2) is 6.54 Å². The number of anilines is 2. The fraction of sp³-hybridized carbons (Fsp3) is 0.308. The van der Waals surface area contributed by atoms with Crippen LogP contribution < -0.4 is 10.2 Å². The quantitative estimate of drug-likeness (QED) is 0.188. The van der Waals surface area contributed by atoms with Crippen molar-refractivity contribution in [1.82, 2.24) is 0 Å². The Morgan fingerprint density at radius 3 is 2.28 bits per heavy atom. The molecule has 0 aliphatic heterocycles. The van der Waals surface area contributed by atoms with E-state index in [2.05, 4.69) is 210 Å². The van der Waals surface area contributed by atoms with Gasteiger partial charge in [0.15, 0.2) is 0 Å². The first kappa shape index (κ1) is 37.2. The monoisotopic (exact) mass is 710 g/mol. The minimum Gasteiger partial charge on any atom is -0.382 e. The van der Waals surface area contributed by atoms with Crippen LogP contribution >= 0.6 is 0 Å². The second-order valence-electron chi connectivity index (χ2n) is 15.8. The molecule has 3 aromatic carbocycles. The highest BCUT2D eigenvalue weighted by Gasteiger charge is 2.54. The van der Waals surface area contributed by atoms with Crippen LogP contribution in [0, 0.1) is 23.7 Å². The zero-order chi connectivity index (χ0) is 37.8. The average Bonchev–Trinajstić information content (AvgIpc) is 3.75. The number of allylic oxidation sites excluding steroid dienone is 13. The van der Waals surface area contributed by atoms with E-state index in [1.165, 1.54) is 56.0 Å². The Balaban J connectivity index is 1.44. The standard InChI is InChI=1S/C52H58N2/c1-8-11-19-43(17-9-2)54(44-31-28-41(33-44)37(6)7)45-30-27-40-25-24-39-26-29-42(53-32-16-18-38(10-3)36(4)5)34-50(39)52(51(40)35-45)48-22-14-12-20-46(48)47-21-13-15-23-49(47)52/h10-31,33-37,41,46,48,53H,8-9,32H2,1-7H3/b18-16-,19-11-,38-10+,43-17+. The maximum Gasteiger partial charge on any atom is 0.0539 e. The zero-order valence-electron chi connectivity index (χ0n) is 33.4. The van der Waals surface area contributed by atoms with Crippen molar-refractivity contribution in [3.05, 3.63) is 190 Å². The molecule has 2 nitrogen and oxygen atoms in total. The first-order valence-electron chi connectivity index (χ1n) is 20.4. The lowest BCUT2D eigenvalue weighted by atomic mass is 9.61. The number of hydrogen-bond acceptors (Lipinski definition) is 2. The molecule has 4 aliphatic rings. The molecule has 0 saturated carbocycles. The molecule has 4 unspecified atom stereocenters. The number of nitrogens with one attached hydrogen (secondary N) is 1. The van der Waals surface area contributed by atoms with Gasteiger partial charge in [0.1, 0.15) is 0 Å². The second-order valence-corrected chi connectivity index (χ2v) is 15.8. The van der Waals surface area contributed by atoms with Gasteiger partial charge in [0.2, 0.25) is 0 Å². The summed E-state index contributed by atoms with van der Waals surface area (Å²) in [6, 6.07) is 23.6. The van der Waals surface area contributed by atoms with Crippen LogP contribution in [0.15, 0.2) is 157 Å². The van der Waals surface area contributed by atoms with Gasteiger partial charge in [-0.25, -0.2) is 0 Å². The van der Waals surface area contributed by atoms with E-state index in [-0.39, 0.29) is 11.8 Å². The molecule has 7 rings (SSSR count). The molecule has 4 aliphatic carbocycles. The SMILES string of the molecule is C/C=C(\C=C/CNc1ccc2c(c1)C1(c3cc(N(C4=CC(C(C)C)C=C4)C(/C=C\CC)=C/CC)ccc3C=C2)c2ccccc2C2C=CC=CC21)C(C)C. The fourth-order valence-electron chi connectivity index (χ4n) is 9.15. The molecule has 3 aromatic rings. The van der Waals surface area contributed by atoms with Crippen molar-refractivity contribution < 1.29 is 0 Å². The third-order valence-corrected chi connectivity index (χ3v) is 11.8. The molecule has 0 saturated heterocycles. The Morgan fingerprint density at radius 2 is 1.56 bits per heavy atom. The summed E-state index contributed by atoms with van der Waals surface area (Å²) >= 11 is 0. The van der Waals surface area contributed by atoms with Gasteiger partial charge in [0.25, 0.3) is 0 Å². The summed E-state index contributed by atoms with van der Waals surface area (Å²) in [4.78, 5) is 2.51. The molecular formula is C52H58N2. The van der Waals surface area contributed by atoms with Crippen molar-refractivity contribution in [3.8, 4) is 0 Å². The van der Waals surface area contributed by atoms with Gasteiger partial charge in [0.05, 0.1) is 5.41 Å². The van der Waals surface area contributed by atoms with Gasteiger partial charge >= 0.3 is 0 Å². The van der Waals surface area contributed by atoms with E-state index in [1.807, 2.05) is 0 Å². The Hall–Kier alpha value is -5.08. The summed E-state index contributed by atoms with van der Waals surface area (Å²) in [5.74, 6) is 1.97. The minimum atomic E-state index is -0.407. The number of rotatable bonds is 12. The predicted octanol–water partition coefficient (Wildman–Crippen LogP) is 13.7. The van der Waals surface area contributed by atoms with Gasteiger partial charge in [-0.1, -0.05) is 157 Å². The Kier molecular flexibility index (Phi) is 11.1. The molecule has 0 amide bonds. The van der Waals surface area contributed by atoms with Crippen LogP contribution in [0.4, 0.5) is 11.4 Å². The zero-order valence-corrected chi connectivity index (χ0v) is 33.4. The Bertz CT molecular complexity index is 2140. The first-order valence-corrected chi connectivity index (χ1v) is 20.4. The van der Waals surface area contributed by atoms with Crippen molar-refractivity contribution in [2.75, 3.05) is 16.8 Å². The van der Waals surface area contributed by atoms with Gasteiger partial charge in [-0.3, -0.25) is 0 Å². The molecule has 0 bridgehead atoms. The summed E-state index contributed by atoms with van der Waals surface area (Å²) in [7, 11) is 0. The van der Waals surface area contributed by atoms with E-state index in [9.17, 15) is 0 Å². The van der Waals surface area contributed by atoms with Crippen LogP contribution in [0.1, 0.15) is 101 Å². The average molecular weight is 711 g/mol. The molecule has 276 valence electrons. The smallest absolute Gasteiger partial charge is 0.0539 e. The van der Waals surface area contributed by atoms with Crippen LogP contribution in [-0.2, 0) is 5.41 Å². The predicted molar refractivity (Wildman–Crippen MR) is 235 cm³/mol. The summed E-state index contributed by atoms with van der Waals surface area (Å²) in [6.45, 7) is 16.5. The van der Waals surface area contributed by atoms with Gasteiger partial charge in [-0.2, -0.15) is 0 Å². The third-order valence-electron chi connectivity index (χ3n) is 11.8. The summed E-state index contributed by atoms with van der Waals surface area (Å²) in [6.07, 6.45) is 37.0. The van der Waals surface area contributed by atoms with Crippen molar-refractivity contribution >= 4 is 23.5 Å². The lowest BCUT2D eigenvalue weighted by Crippen LogP contribution is -2.36. The van der Waals surface area contributed by atoms with E-state index < -0.39 is 5.41 Å². The highest BCUT2D eigenvalue weighted by molar-refractivity contribution is 5.84. The van der Waals surface area contributed by atoms with E-state index >= 15 is 0 Å². The maximum absolute atomic E-state index is 3.78. The van der Waals surface area contributed by atoms with Gasteiger partial charge < -0.3 is 10.2 Å². The maximum atomic E-state index is 3.78. The molecular weight excluding hydrogens is 653 g/mol. The molecule has 0 fully saturated rings. The minimum absolute atomic E-state index is 0.223. The second kappa shape index (κ2) is 16.1. The van der Waals surface area contributed by atoms with E-state index in [0.29, 0.717) is 17.8 Å². The third kappa shape index (κ3) is 6.77. The highest BCUT2D eigenvalue weighted by Crippen LogP contribution is 2.62. The number of fused-ring (bicyclic) bond motifs is 9. The molecule has 0 heterocycles. The first-order chi connectivity index (χ1) is 26.3. The van der Waals surface area contributed by atoms with Crippen molar-refractivity contribution in [2.24, 2.45) is 23.7 Å². The Morgan fingerprint density at radius 1 is 0.796 bits per heavy atom. The van der Waals surface area contributed by atoms with E-state index in [4.69, 9.17) is 0 Å². The molecule has 0 radical (unpaired) electrons. The molecule has 1 spiro atoms. The molecule has 0 aromatic heterocycles. The summed E-state index contributed by atoms with van der Waals surface area (Å²) in [5, 5.41) is 3.78. The Labute approximate surface area is 325 Å². The largest absolute Gasteiger partial charge is 0.382 e. The lowest BCUT2D eigenvalue weighted by molar-refractivity contribution is 0.456. The van der Waals surface area contributed by atoms with Crippen molar-refractivity contribution in [2.45, 2.75) is 72.6 Å². The fourth-order valence-corrected chi connectivity index (χ4v) is 9.15. The van der Waals surface area contributed by atoms with Crippen LogP contribution in [0.25, 0.3) is 12.2 Å². The van der Waals surface area contributed by atoms with E-state index in [1.54, 1.807) is 0 Å². The molecule has 4 atom stereocenters. The van der Waals surface area contributed by atoms with Gasteiger partial charge in [-0.15, -0.1) is 0 Å². The topological polar surface area (TPSA) is 15.3 Å². The van der Waals surface area contributed by atoms with Crippen LogP contribution in [0.2, 0.25) is 0 Å². The van der Waals surface area contributed by atoms with Crippen molar-refractivity contribution in [3.63, 3.8) is 0 Å². The molecule has 1 N–H and O–H groups in total. The van der Waals surface area contributed by atoms with Crippen LogP contribution in [0.3, 0.4) is 0 Å². The number of nitrogens with zero attached hydrogens (tertiary/aromatic N) is 1. The molecule has 54 heavy (non-hydrogen) atoms. The summed E-state index contributed by atoms with van der Waals surface area (Å²) < 4.78 is 0. The van der Waals surface area contributed by atoms with Crippen LogP contribution in [0.5, 0.6) is 0 Å². The van der Waals surface area contributed by atoms with Gasteiger partial charge in [0, 0.05) is 41.1 Å². The number of benzene rings is 3. The van der Waals surface area contributed by atoms with Crippen molar-refractivity contribution in [1.29, 1.82) is 0 Å². The summed E-state index contributed by atoms with van der Waals surface area (Å²) in [5.41, 5.74) is 13.9. The van der Waals surface area contributed by atoms with E-state index in [0.717, 1.165) is 25.1 Å². The highest BCUT2D eigenvalue weighted by atomic mass is 15.2. The normalized spacial score (nSPS) is 22.7. The number of hydrogen-bond donors (Lipinski definition) is 1. The molecule has 2 heteroatoms. The lowest BCUT2D eigenvalue weighted by Gasteiger charge is -2.41.